The summed E-state index contributed by atoms with van der Waals surface area (Å²) in [4.78, 5) is 20.9. The Kier molecular flexibility index (Phi) is 8.05. The molecule has 0 saturated heterocycles. The molecule has 0 saturated carbocycles. The number of nitrogens with zero attached hydrogens (tertiary/aromatic N) is 3. The minimum Gasteiger partial charge on any atom is -0.485 e. The fourth-order valence-corrected chi connectivity index (χ4v) is 3.95. The molecule has 32 heavy (non-hydrogen) atoms. The lowest BCUT2D eigenvalue weighted by atomic mass is 10.1. The molecule has 0 bridgehead atoms. The minimum absolute atomic E-state index is 0.185. The standard InChI is InChI=1S/C24H26FN3O3S/c1-16-10-22(28(14-18(3)25)32-21-6-5-9-26-13-21)23(11-17(16)2)31-15-20-8-7-19(12-27-20)24(29)30-4/h5-13,18H,14-15H2,1-4H3. The van der Waals surface area contributed by atoms with Crippen LogP contribution in [0.1, 0.15) is 34.1 Å². The highest BCUT2D eigenvalue weighted by Crippen LogP contribution is 2.38. The third-order valence-corrected chi connectivity index (χ3v) is 5.75. The molecule has 0 aliphatic rings. The SMILES string of the molecule is COC(=O)c1ccc(COc2cc(C)c(C)cc2N(CC(C)F)Sc2cccnc2)nc1. The number of rotatable bonds is 9. The largest absolute Gasteiger partial charge is 0.485 e. The van der Waals surface area contributed by atoms with Gasteiger partial charge in [0.25, 0.3) is 0 Å². The zero-order valence-electron chi connectivity index (χ0n) is 18.5. The highest BCUT2D eigenvalue weighted by atomic mass is 32.2. The number of esters is 1. The number of methoxy groups -OCH3 is 1. The summed E-state index contributed by atoms with van der Waals surface area (Å²) >= 11 is 1.41. The Hall–Kier alpha value is -3.13. The molecule has 1 aromatic carbocycles. The Labute approximate surface area is 191 Å². The lowest BCUT2D eigenvalue weighted by molar-refractivity contribution is 0.0600. The maximum atomic E-state index is 14.1. The van der Waals surface area contributed by atoms with Gasteiger partial charge in [0, 0.05) is 23.5 Å². The van der Waals surface area contributed by atoms with Gasteiger partial charge in [-0.3, -0.25) is 9.97 Å². The van der Waals surface area contributed by atoms with Gasteiger partial charge in [-0.1, -0.05) is 0 Å². The van der Waals surface area contributed by atoms with Crippen LogP contribution in [0.3, 0.4) is 0 Å². The van der Waals surface area contributed by atoms with Crippen LogP contribution in [-0.4, -0.2) is 35.8 Å². The summed E-state index contributed by atoms with van der Waals surface area (Å²) in [6, 6.07) is 11.1. The molecular formula is C24H26FN3O3S. The van der Waals surface area contributed by atoms with Crippen molar-refractivity contribution in [1.82, 2.24) is 9.97 Å². The van der Waals surface area contributed by atoms with Crippen molar-refractivity contribution in [3.8, 4) is 5.75 Å². The number of aromatic nitrogens is 2. The molecule has 8 heteroatoms. The minimum atomic E-state index is -1.04. The number of benzene rings is 1. The second-order valence-electron chi connectivity index (χ2n) is 7.34. The first kappa shape index (κ1) is 23.5. The highest BCUT2D eigenvalue weighted by Gasteiger charge is 2.19. The van der Waals surface area contributed by atoms with Crippen LogP contribution in [0.4, 0.5) is 10.1 Å². The Bertz CT molecular complexity index is 1050. The summed E-state index contributed by atoms with van der Waals surface area (Å²) in [5, 5.41) is 0. The maximum Gasteiger partial charge on any atom is 0.339 e. The monoisotopic (exact) mass is 455 g/mol. The van der Waals surface area contributed by atoms with Crippen LogP contribution in [-0.2, 0) is 11.3 Å². The van der Waals surface area contributed by atoms with Crippen molar-refractivity contribution in [2.45, 2.75) is 38.4 Å². The van der Waals surface area contributed by atoms with E-state index in [1.807, 2.05) is 42.4 Å². The number of hydrogen-bond donors (Lipinski definition) is 0. The molecule has 0 N–H and O–H groups in total. The van der Waals surface area contributed by atoms with Crippen LogP contribution in [0, 0.1) is 13.8 Å². The van der Waals surface area contributed by atoms with Gasteiger partial charge in [0.05, 0.1) is 30.6 Å². The Morgan fingerprint density at radius 3 is 2.59 bits per heavy atom. The Morgan fingerprint density at radius 2 is 1.97 bits per heavy atom. The van der Waals surface area contributed by atoms with Crippen LogP contribution in [0.2, 0.25) is 0 Å². The van der Waals surface area contributed by atoms with Crippen LogP contribution in [0.25, 0.3) is 0 Å². The van der Waals surface area contributed by atoms with Crippen molar-refractivity contribution in [1.29, 1.82) is 0 Å². The van der Waals surface area contributed by atoms with E-state index >= 15 is 0 Å². The molecule has 2 heterocycles. The number of anilines is 1. The molecule has 0 aliphatic carbocycles. The second kappa shape index (κ2) is 10.9. The molecule has 3 aromatic rings. The van der Waals surface area contributed by atoms with E-state index in [4.69, 9.17) is 9.47 Å². The Balaban J connectivity index is 1.86. The summed E-state index contributed by atoms with van der Waals surface area (Å²) in [6.07, 6.45) is 3.87. The van der Waals surface area contributed by atoms with Gasteiger partial charge in [0.15, 0.2) is 0 Å². The summed E-state index contributed by atoms with van der Waals surface area (Å²) in [7, 11) is 1.33. The van der Waals surface area contributed by atoms with Crippen LogP contribution >= 0.6 is 11.9 Å². The van der Waals surface area contributed by atoms with Crippen LogP contribution < -0.4 is 9.04 Å². The van der Waals surface area contributed by atoms with Crippen molar-refractivity contribution in [2.24, 2.45) is 0 Å². The van der Waals surface area contributed by atoms with E-state index in [9.17, 15) is 9.18 Å². The topological polar surface area (TPSA) is 64.6 Å². The predicted octanol–water partition coefficient (Wildman–Crippen LogP) is 5.33. The molecule has 0 amide bonds. The summed E-state index contributed by atoms with van der Waals surface area (Å²) in [5.74, 6) is 0.189. The Morgan fingerprint density at radius 1 is 1.19 bits per heavy atom. The first-order valence-electron chi connectivity index (χ1n) is 10.1. The molecule has 1 unspecified atom stereocenters. The molecule has 0 fully saturated rings. The van der Waals surface area contributed by atoms with Crippen molar-refractivity contribution in [3.05, 3.63) is 77.4 Å². The zero-order chi connectivity index (χ0) is 23.1. The normalized spacial score (nSPS) is 11.7. The molecule has 168 valence electrons. The molecular weight excluding hydrogens is 429 g/mol. The first-order valence-corrected chi connectivity index (χ1v) is 10.9. The predicted molar refractivity (Wildman–Crippen MR) is 124 cm³/mol. The average Bonchev–Trinajstić information content (AvgIpc) is 2.79. The average molecular weight is 456 g/mol. The van der Waals surface area contributed by atoms with Crippen molar-refractivity contribution in [2.75, 3.05) is 18.0 Å². The zero-order valence-corrected chi connectivity index (χ0v) is 19.4. The summed E-state index contributed by atoms with van der Waals surface area (Å²) < 4.78 is 26.8. The van der Waals surface area contributed by atoms with Gasteiger partial charge in [0.2, 0.25) is 0 Å². The van der Waals surface area contributed by atoms with Gasteiger partial charge in [0.1, 0.15) is 18.5 Å². The van der Waals surface area contributed by atoms with Crippen LogP contribution in [0.5, 0.6) is 5.75 Å². The molecule has 1 atom stereocenters. The number of ether oxygens (including phenoxy) is 2. The number of pyridine rings is 2. The van der Waals surface area contributed by atoms with Gasteiger partial charge >= 0.3 is 5.97 Å². The van der Waals surface area contributed by atoms with E-state index in [0.717, 1.165) is 21.7 Å². The number of halogens is 1. The van der Waals surface area contributed by atoms with Crippen LogP contribution in [0.15, 0.2) is 59.9 Å². The molecule has 2 aromatic heterocycles. The van der Waals surface area contributed by atoms with E-state index in [0.29, 0.717) is 17.0 Å². The summed E-state index contributed by atoms with van der Waals surface area (Å²) in [6.45, 7) is 5.94. The van der Waals surface area contributed by atoms with Gasteiger partial charge in [-0.15, -0.1) is 0 Å². The lowest BCUT2D eigenvalue weighted by Gasteiger charge is -2.27. The van der Waals surface area contributed by atoms with E-state index in [2.05, 4.69) is 9.97 Å². The van der Waals surface area contributed by atoms with Crippen molar-refractivity contribution >= 4 is 23.6 Å². The number of carbonyl (C=O) groups excluding carboxylic acids is 1. The third-order valence-electron chi connectivity index (χ3n) is 4.73. The van der Waals surface area contributed by atoms with E-state index in [1.54, 1.807) is 24.5 Å². The van der Waals surface area contributed by atoms with E-state index in [1.165, 1.54) is 32.2 Å². The second-order valence-corrected chi connectivity index (χ2v) is 8.44. The van der Waals surface area contributed by atoms with Gasteiger partial charge in [-0.05, 0) is 80.2 Å². The number of aryl methyl sites for hydroxylation is 2. The van der Waals surface area contributed by atoms with Gasteiger partial charge in [-0.2, -0.15) is 0 Å². The van der Waals surface area contributed by atoms with Crippen molar-refractivity contribution < 1.29 is 18.7 Å². The maximum absolute atomic E-state index is 14.1. The van der Waals surface area contributed by atoms with Crippen molar-refractivity contribution in [3.63, 3.8) is 0 Å². The summed E-state index contributed by atoms with van der Waals surface area (Å²) in [5.41, 5.74) is 3.96. The smallest absolute Gasteiger partial charge is 0.339 e. The number of alkyl halides is 1. The third kappa shape index (κ3) is 6.20. The highest BCUT2D eigenvalue weighted by molar-refractivity contribution is 8.00. The fraction of sp³-hybridized carbons (Fsp3) is 0.292. The van der Waals surface area contributed by atoms with E-state index in [-0.39, 0.29) is 13.2 Å². The number of carbonyl (C=O) groups is 1. The molecule has 3 rings (SSSR count). The van der Waals surface area contributed by atoms with Gasteiger partial charge < -0.3 is 13.8 Å². The fourth-order valence-electron chi connectivity index (χ4n) is 2.93. The number of hydrogen-bond acceptors (Lipinski definition) is 7. The molecule has 0 radical (unpaired) electrons. The van der Waals surface area contributed by atoms with Gasteiger partial charge in [-0.25, -0.2) is 9.18 Å². The molecule has 6 nitrogen and oxygen atoms in total. The molecule has 0 aliphatic heterocycles. The first-order chi connectivity index (χ1) is 15.4. The molecule has 0 spiro atoms. The lowest BCUT2D eigenvalue weighted by Crippen LogP contribution is -2.23. The van der Waals surface area contributed by atoms with E-state index < -0.39 is 12.1 Å². The quantitative estimate of drug-likeness (QED) is 0.319.